The van der Waals surface area contributed by atoms with Gasteiger partial charge in [0.1, 0.15) is 11.6 Å². The Morgan fingerprint density at radius 3 is 2.45 bits per heavy atom. The number of aromatic nitrogens is 3. The topological polar surface area (TPSA) is 86.1 Å². The van der Waals surface area contributed by atoms with E-state index in [9.17, 15) is 14.0 Å². The molecule has 0 radical (unpaired) electrons. The van der Waals surface area contributed by atoms with E-state index >= 15 is 0 Å². The van der Waals surface area contributed by atoms with Crippen molar-refractivity contribution in [3.8, 4) is 5.75 Å². The second-order valence-corrected chi connectivity index (χ2v) is 7.88. The quantitative estimate of drug-likeness (QED) is 0.404. The largest absolute Gasteiger partial charge is 0.497 e. The summed E-state index contributed by atoms with van der Waals surface area (Å²) in [5.74, 6) is 0.816. The van der Waals surface area contributed by atoms with Gasteiger partial charge in [0, 0.05) is 12.6 Å². The molecule has 0 aliphatic heterocycles. The molecule has 0 bridgehead atoms. The van der Waals surface area contributed by atoms with E-state index in [0.29, 0.717) is 16.5 Å². The number of rotatable bonds is 9. The van der Waals surface area contributed by atoms with E-state index in [2.05, 4.69) is 15.5 Å². The number of hydrogen-bond acceptors (Lipinski definition) is 6. The van der Waals surface area contributed by atoms with Gasteiger partial charge in [-0.15, -0.1) is 10.2 Å². The fourth-order valence-electron chi connectivity index (χ4n) is 2.96. The first kappa shape index (κ1) is 22.5. The van der Waals surface area contributed by atoms with Crippen LogP contribution < -0.4 is 10.1 Å². The van der Waals surface area contributed by atoms with Crippen LogP contribution in [0, 0.1) is 5.82 Å². The number of amides is 1. The summed E-state index contributed by atoms with van der Waals surface area (Å²) in [4.78, 5) is 24.7. The van der Waals surface area contributed by atoms with Crippen LogP contribution in [-0.4, -0.2) is 39.3 Å². The minimum atomic E-state index is -0.384. The molecular formula is C22H23FN4O3S. The van der Waals surface area contributed by atoms with Crippen molar-refractivity contribution in [1.82, 2.24) is 20.1 Å². The highest BCUT2D eigenvalue weighted by Crippen LogP contribution is 2.20. The normalized spacial score (nSPS) is 11.7. The van der Waals surface area contributed by atoms with Gasteiger partial charge in [-0.1, -0.05) is 23.9 Å². The number of hydrogen-bond donors (Lipinski definition) is 1. The number of halogens is 1. The van der Waals surface area contributed by atoms with Crippen LogP contribution in [0.15, 0.2) is 53.7 Å². The Kier molecular flexibility index (Phi) is 7.41. The van der Waals surface area contributed by atoms with Crippen molar-refractivity contribution in [1.29, 1.82) is 0 Å². The third-order valence-corrected chi connectivity index (χ3v) is 5.68. The minimum Gasteiger partial charge on any atom is -0.497 e. The van der Waals surface area contributed by atoms with Crippen molar-refractivity contribution in [2.24, 2.45) is 7.05 Å². The molecule has 1 N–H and O–H groups in total. The molecular weight excluding hydrogens is 419 g/mol. The first-order valence-electron chi connectivity index (χ1n) is 9.60. The van der Waals surface area contributed by atoms with Crippen molar-refractivity contribution in [2.75, 3.05) is 12.9 Å². The average Bonchev–Trinajstić information content (AvgIpc) is 3.13. The van der Waals surface area contributed by atoms with E-state index < -0.39 is 0 Å². The Morgan fingerprint density at radius 1 is 1.13 bits per heavy atom. The molecule has 31 heavy (non-hydrogen) atoms. The van der Waals surface area contributed by atoms with Gasteiger partial charge in [0.25, 0.3) is 0 Å². The highest BCUT2D eigenvalue weighted by Gasteiger charge is 2.19. The molecule has 1 unspecified atom stereocenters. The van der Waals surface area contributed by atoms with Crippen LogP contribution in [0.1, 0.15) is 34.7 Å². The lowest BCUT2D eigenvalue weighted by Crippen LogP contribution is -2.29. The summed E-state index contributed by atoms with van der Waals surface area (Å²) in [6.07, 6.45) is 0.236. The van der Waals surface area contributed by atoms with Gasteiger partial charge in [-0.25, -0.2) is 4.39 Å². The SMILES string of the molecule is COc1ccc(CC(=O)NC(C)c2nnc(SCC(=O)c3ccc(F)cc3)n2C)cc1. The highest BCUT2D eigenvalue weighted by molar-refractivity contribution is 7.99. The Morgan fingerprint density at radius 2 is 1.81 bits per heavy atom. The zero-order valence-corrected chi connectivity index (χ0v) is 18.3. The van der Waals surface area contributed by atoms with Crippen molar-refractivity contribution < 1.29 is 18.7 Å². The van der Waals surface area contributed by atoms with E-state index in [1.54, 1.807) is 18.7 Å². The van der Waals surface area contributed by atoms with Crippen LogP contribution in [-0.2, 0) is 18.3 Å². The molecule has 3 aromatic rings. The predicted octanol–water partition coefficient (Wildman–Crippen LogP) is 3.36. The third-order valence-electron chi connectivity index (χ3n) is 4.66. The zero-order chi connectivity index (χ0) is 22.4. The maximum atomic E-state index is 13.0. The van der Waals surface area contributed by atoms with Crippen LogP contribution in [0.2, 0.25) is 0 Å². The van der Waals surface area contributed by atoms with Crippen molar-refractivity contribution in [3.63, 3.8) is 0 Å². The van der Waals surface area contributed by atoms with Gasteiger partial charge in [0.05, 0.1) is 25.3 Å². The van der Waals surface area contributed by atoms with Gasteiger partial charge in [-0.2, -0.15) is 0 Å². The second kappa shape index (κ2) is 10.2. The number of carbonyl (C=O) groups excluding carboxylic acids is 2. The lowest BCUT2D eigenvalue weighted by molar-refractivity contribution is -0.121. The van der Waals surface area contributed by atoms with Gasteiger partial charge in [-0.05, 0) is 48.9 Å². The molecule has 9 heteroatoms. The van der Waals surface area contributed by atoms with Crippen LogP contribution in [0.4, 0.5) is 4.39 Å². The fraction of sp³-hybridized carbons (Fsp3) is 0.273. The molecule has 1 aromatic heterocycles. The van der Waals surface area contributed by atoms with Crippen LogP contribution in [0.25, 0.3) is 0 Å². The molecule has 1 heterocycles. The molecule has 2 aromatic carbocycles. The first-order chi connectivity index (χ1) is 14.9. The number of carbonyl (C=O) groups is 2. The summed E-state index contributed by atoms with van der Waals surface area (Å²) in [5, 5.41) is 11.8. The number of methoxy groups -OCH3 is 1. The van der Waals surface area contributed by atoms with Crippen LogP contribution in [0.5, 0.6) is 5.75 Å². The molecule has 0 spiro atoms. The lowest BCUT2D eigenvalue weighted by Gasteiger charge is -2.14. The lowest BCUT2D eigenvalue weighted by atomic mass is 10.1. The second-order valence-electron chi connectivity index (χ2n) is 6.93. The third kappa shape index (κ3) is 5.91. The van der Waals surface area contributed by atoms with E-state index in [-0.39, 0.29) is 35.7 Å². The average molecular weight is 443 g/mol. The van der Waals surface area contributed by atoms with Crippen LogP contribution in [0.3, 0.4) is 0 Å². The summed E-state index contributed by atoms with van der Waals surface area (Å²) in [7, 11) is 3.38. The maximum absolute atomic E-state index is 13.0. The number of ketones is 1. The monoisotopic (exact) mass is 442 g/mol. The Hall–Kier alpha value is -3.20. The van der Waals surface area contributed by atoms with Crippen molar-refractivity contribution in [3.05, 3.63) is 71.3 Å². The molecule has 0 saturated heterocycles. The molecule has 3 rings (SSSR count). The molecule has 162 valence electrons. The van der Waals surface area contributed by atoms with E-state index in [0.717, 1.165) is 11.3 Å². The first-order valence-corrected chi connectivity index (χ1v) is 10.6. The molecule has 0 saturated carbocycles. The smallest absolute Gasteiger partial charge is 0.224 e. The summed E-state index contributed by atoms with van der Waals surface area (Å²) < 4.78 is 19.9. The van der Waals surface area contributed by atoms with Crippen LogP contribution >= 0.6 is 11.8 Å². The van der Waals surface area contributed by atoms with Gasteiger partial charge in [0.2, 0.25) is 5.91 Å². The maximum Gasteiger partial charge on any atom is 0.224 e. The Labute approximate surface area is 184 Å². The van der Waals surface area contributed by atoms with Crippen molar-refractivity contribution >= 4 is 23.5 Å². The summed E-state index contributed by atoms with van der Waals surface area (Å²) in [6, 6.07) is 12.4. The molecule has 0 fully saturated rings. The summed E-state index contributed by atoms with van der Waals surface area (Å²) in [6.45, 7) is 1.83. The Bertz CT molecular complexity index is 1050. The van der Waals surface area contributed by atoms with Gasteiger partial charge in [-0.3, -0.25) is 9.59 Å². The number of benzene rings is 2. The summed E-state index contributed by atoms with van der Waals surface area (Å²) in [5.41, 5.74) is 1.31. The molecule has 7 nitrogen and oxygen atoms in total. The van der Waals surface area contributed by atoms with Gasteiger partial charge >= 0.3 is 0 Å². The molecule has 0 aliphatic carbocycles. The van der Waals surface area contributed by atoms with E-state index in [4.69, 9.17) is 4.74 Å². The number of nitrogens with zero attached hydrogens (tertiary/aromatic N) is 3. The molecule has 1 atom stereocenters. The predicted molar refractivity (Wildman–Crippen MR) is 116 cm³/mol. The number of Topliss-reactive ketones (excluding diaryl/α,β-unsaturated/α-hetero) is 1. The zero-order valence-electron chi connectivity index (χ0n) is 17.5. The minimum absolute atomic E-state index is 0.129. The van der Waals surface area contributed by atoms with Gasteiger partial charge < -0.3 is 14.6 Å². The molecule has 1 amide bonds. The number of thioether (sulfide) groups is 1. The summed E-state index contributed by atoms with van der Waals surface area (Å²) >= 11 is 1.24. The molecule has 0 aliphatic rings. The number of ether oxygens (including phenoxy) is 1. The highest BCUT2D eigenvalue weighted by atomic mass is 32.2. The fourth-order valence-corrected chi connectivity index (χ4v) is 3.78. The van der Waals surface area contributed by atoms with E-state index in [1.165, 1.54) is 36.0 Å². The van der Waals surface area contributed by atoms with E-state index in [1.807, 2.05) is 31.2 Å². The van der Waals surface area contributed by atoms with Gasteiger partial charge in [0.15, 0.2) is 16.8 Å². The Balaban J connectivity index is 1.56. The standard InChI is InChI=1S/C22H23FN4O3S/c1-14(24-20(29)12-15-4-10-18(30-3)11-5-15)21-25-26-22(27(21)2)31-13-19(28)16-6-8-17(23)9-7-16/h4-11,14H,12-13H2,1-3H3,(H,24,29). The number of nitrogens with one attached hydrogen (secondary N) is 1. The van der Waals surface area contributed by atoms with Crippen molar-refractivity contribution in [2.45, 2.75) is 24.5 Å².